The Morgan fingerprint density at radius 1 is 1.35 bits per heavy atom. The lowest BCUT2D eigenvalue weighted by Crippen LogP contribution is -2.42. The molecular formula is C16H24F2N2O3. The van der Waals surface area contributed by atoms with Crippen LogP contribution in [-0.4, -0.2) is 36.9 Å². The van der Waals surface area contributed by atoms with Crippen LogP contribution >= 0.6 is 0 Å². The Morgan fingerprint density at radius 2 is 2.04 bits per heavy atom. The number of nitrogens with one attached hydrogen (secondary N) is 2. The maximum absolute atomic E-state index is 13.3. The van der Waals surface area contributed by atoms with Gasteiger partial charge in [-0.2, -0.15) is 0 Å². The van der Waals surface area contributed by atoms with E-state index in [0.717, 1.165) is 12.1 Å². The van der Waals surface area contributed by atoms with Gasteiger partial charge in [-0.3, -0.25) is 0 Å². The van der Waals surface area contributed by atoms with Crippen LogP contribution in [0.1, 0.15) is 27.2 Å². The number of halogens is 2. The first-order valence-electron chi connectivity index (χ1n) is 7.47. The Kier molecular flexibility index (Phi) is 7.22. The van der Waals surface area contributed by atoms with Gasteiger partial charge in [0.25, 0.3) is 0 Å². The summed E-state index contributed by atoms with van der Waals surface area (Å²) in [4.78, 5) is 11.6. The van der Waals surface area contributed by atoms with E-state index < -0.39 is 17.7 Å². The Morgan fingerprint density at radius 3 is 2.65 bits per heavy atom. The van der Waals surface area contributed by atoms with Crippen molar-refractivity contribution in [2.75, 3.05) is 19.7 Å². The molecular weight excluding hydrogens is 306 g/mol. The number of rotatable bonds is 8. The molecule has 1 aromatic carbocycles. The van der Waals surface area contributed by atoms with Gasteiger partial charge in [-0.05, 0) is 30.9 Å². The molecule has 0 fully saturated rings. The van der Waals surface area contributed by atoms with Crippen molar-refractivity contribution >= 4 is 6.03 Å². The zero-order chi connectivity index (χ0) is 17.5. The minimum atomic E-state index is -0.783. The molecule has 130 valence electrons. The first kappa shape index (κ1) is 19.2. The molecule has 7 heteroatoms. The molecule has 5 nitrogen and oxygen atoms in total. The number of amides is 2. The summed E-state index contributed by atoms with van der Waals surface area (Å²) in [7, 11) is 0. The van der Waals surface area contributed by atoms with Crippen LogP contribution < -0.4 is 15.4 Å². The summed E-state index contributed by atoms with van der Waals surface area (Å²) < 4.78 is 31.2. The molecule has 0 aliphatic heterocycles. The third-order valence-electron chi connectivity index (χ3n) is 3.11. The zero-order valence-corrected chi connectivity index (χ0v) is 13.7. The second kappa shape index (κ2) is 8.67. The monoisotopic (exact) mass is 330 g/mol. The maximum atomic E-state index is 13.3. The van der Waals surface area contributed by atoms with Crippen LogP contribution in [-0.2, 0) is 0 Å². The number of carbonyl (C=O) groups excluding carboxylic acids is 1. The molecule has 0 radical (unpaired) electrons. The third kappa shape index (κ3) is 7.78. The predicted octanol–water partition coefficient (Wildman–Crippen LogP) is 2.44. The topological polar surface area (TPSA) is 70.6 Å². The molecule has 2 amide bonds. The van der Waals surface area contributed by atoms with Gasteiger partial charge in [0.15, 0.2) is 11.6 Å². The molecule has 1 atom stereocenters. The fourth-order valence-corrected chi connectivity index (χ4v) is 2.17. The normalized spacial score (nSPS) is 12.6. The van der Waals surface area contributed by atoms with E-state index in [1.807, 2.05) is 13.8 Å². The summed E-state index contributed by atoms with van der Waals surface area (Å²) in [6, 6.07) is 2.66. The van der Waals surface area contributed by atoms with Crippen molar-refractivity contribution in [2.45, 2.75) is 33.3 Å². The number of benzene rings is 1. The second-order valence-corrected chi connectivity index (χ2v) is 6.25. The molecule has 23 heavy (non-hydrogen) atoms. The molecule has 0 aliphatic carbocycles. The van der Waals surface area contributed by atoms with Gasteiger partial charge in [-0.15, -0.1) is 0 Å². The van der Waals surface area contributed by atoms with Crippen LogP contribution in [0.25, 0.3) is 0 Å². The van der Waals surface area contributed by atoms with Crippen molar-refractivity contribution in [2.24, 2.45) is 5.41 Å². The summed E-state index contributed by atoms with van der Waals surface area (Å²) in [6.45, 7) is 6.25. The van der Waals surface area contributed by atoms with Gasteiger partial charge in [0.1, 0.15) is 12.4 Å². The van der Waals surface area contributed by atoms with E-state index in [1.54, 1.807) is 6.92 Å². The maximum Gasteiger partial charge on any atom is 0.314 e. The van der Waals surface area contributed by atoms with Gasteiger partial charge in [0.2, 0.25) is 0 Å². The Labute approximate surface area is 135 Å². The van der Waals surface area contributed by atoms with Crippen LogP contribution in [0.3, 0.4) is 0 Å². The molecule has 1 rings (SSSR count). The summed E-state index contributed by atoms with van der Waals surface area (Å²) in [6.07, 6.45) is 0.133. The molecule has 0 aromatic heterocycles. The molecule has 1 aromatic rings. The molecule has 0 bridgehead atoms. The smallest absolute Gasteiger partial charge is 0.314 e. The van der Waals surface area contributed by atoms with Gasteiger partial charge >= 0.3 is 6.03 Å². The molecule has 3 N–H and O–H groups in total. The fourth-order valence-electron chi connectivity index (χ4n) is 2.17. The van der Waals surface area contributed by atoms with Crippen molar-refractivity contribution in [1.29, 1.82) is 0 Å². The standard InChI is InChI=1S/C16H24F2N2O3/c1-11(21)9-16(2,3)10-20-15(22)19-6-7-23-14-5-4-12(17)8-13(14)18/h4-5,8,11,21H,6-7,9-10H2,1-3H3,(H2,19,20,22). The number of hydrogen-bond donors (Lipinski definition) is 3. The summed E-state index contributed by atoms with van der Waals surface area (Å²) >= 11 is 0. The molecule has 1 unspecified atom stereocenters. The van der Waals surface area contributed by atoms with Gasteiger partial charge in [-0.1, -0.05) is 13.8 Å². The minimum absolute atomic E-state index is 0.0625. The van der Waals surface area contributed by atoms with E-state index in [-0.39, 0.29) is 30.3 Å². The van der Waals surface area contributed by atoms with Crippen LogP contribution in [0.2, 0.25) is 0 Å². The van der Waals surface area contributed by atoms with Crippen molar-refractivity contribution in [3.63, 3.8) is 0 Å². The molecule has 0 saturated heterocycles. The Balaban J connectivity index is 2.24. The Hall–Kier alpha value is -1.89. The predicted molar refractivity (Wildman–Crippen MR) is 83.3 cm³/mol. The number of aliphatic hydroxyl groups excluding tert-OH is 1. The summed E-state index contributed by atoms with van der Waals surface area (Å²) in [5, 5.41) is 14.7. The molecule has 0 spiro atoms. The average molecular weight is 330 g/mol. The zero-order valence-electron chi connectivity index (χ0n) is 13.7. The minimum Gasteiger partial charge on any atom is -0.489 e. The molecule has 0 saturated carbocycles. The third-order valence-corrected chi connectivity index (χ3v) is 3.11. The highest BCUT2D eigenvalue weighted by Gasteiger charge is 2.20. The van der Waals surface area contributed by atoms with Crippen LogP contribution in [0, 0.1) is 17.0 Å². The first-order valence-corrected chi connectivity index (χ1v) is 7.47. The lowest BCUT2D eigenvalue weighted by atomic mass is 9.87. The number of hydrogen-bond acceptors (Lipinski definition) is 3. The number of aliphatic hydroxyl groups is 1. The van der Waals surface area contributed by atoms with Crippen molar-refractivity contribution in [1.82, 2.24) is 10.6 Å². The number of carbonyl (C=O) groups is 1. The van der Waals surface area contributed by atoms with E-state index in [1.165, 1.54) is 6.07 Å². The largest absolute Gasteiger partial charge is 0.489 e. The quantitative estimate of drug-likeness (QED) is 0.641. The number of urea groups is 1. The highest BCUT2D eigenvalue weighted by Crippen LogP contribution is 2.21. The molecule has 0 aliphatic rings. The van der Waals surface area contributed by atoms with Gasteiger partial charge in [0, 0.05) is 12.6 Å². The van der Waals surface area contributed by atoms with E-state index in [9.17, 15) is 18.7 Å². The fraction of sp³-hybridized carbons (Fsp3) is 0.562. The van der Waals surface area contributed by atoms with Gasteiger partial charge in [-0.25, -0.2) is 13.6 Å². The van der Waals surface area contributed by atoms with Gasteiger partial charge in [0.05, 0.1) is 12.6 Å². The number of ether oxygens (including phenoxy) is 1. The van der Waals surface area contributed by atoms with Crippen molar-refractivity contribution in [3.05, 3.63) is 29.8 Å². The lowest BCUT2D eigenvalue weighted by molar-refractivity contribution is 0.128. The van der Waals surface area contributed by atoms with Gasteiger partial charge < -0.3 is 20.5 Å². The second-order valence-electron chi connectivity index (χ2n) is 6.25. The van der Waals surface area contributed by atoms with E-state index in [4.69, 9.17) is 4.74 Å². The SMILES string of the molecule is CC(O)CC(C)(C)CNC(=O)NCCOc1ccc(F)cc1F. The Bertz CT molecular complexity index is 522. The average Bonchev–Trinajstić information content (AvgIpc) is 2.42. The molecule has 0 heterocycles. The van der Waals surface area contributed by atoms with E-state index >= 15 is 0 Å². The van der Waals surface area contributed by atoms with Crippen molar-refractivity contribution < 1.29 is 23.4 Å². The van der Waals surface area contributed by atoms with E-state index in [0.29, 0.717) is 13.0 Å². The van der Waals surface area contributed by atoms with Crippen LogP contribution in [0.15, 0.2) is 18.2 Å². The summed E-state index contributed by atoms with van der Waals surface area (Å²) in [5.74, 6) is -1.52. The first-order chi connectivity index (χ1) is 10.7. The highest BCUT2D eigenvalue weighted by atomic mass is 19.1. The van der Waals surface area contributed by atoms with E-state index in [2.05, 4.69) is 10.6 Å². The summed E-state index contributed by atoms with van der Waals surface area (Å²) in [5.41, 5.74) is -0.223. The van der Waals surface area contributed by atoms with Crippen molar-refractivity contribution in [3.8, 4) is 5.75 Å². The highest BCUT2D eigenvalue weighted by molar-refractivity contribution is 5.73. The lowest BCUT2D eigenvalue weighted by Gasteiger charge is -2.26. The van der Waals surface area contributed by atoms with Crippen LogP contribution in [0.4, 0.5) is 13.6 Å². The van der Waals surface area contributed by atoms with Crippen LogP contribution in [0.5, 0.6) is 5.75 Å².